The van der Waals surface area contributed by atoms with E-state index in [9.17, 15) is 4.79 Å². The number of nitrogens with zero attached hydrogens (tertiary/aromatic N) is 1. The van der Waals surface area contributed by atoms with Gasteiger partial charge in [0.1, 0.15) is 11.5 Å². The predicted molar refractivity (Wildman–Crippen MR) is 99.2 cm³/mol. The maximum atomic E-state index is 12.4. The van der Waals surface area contributed by atoms with E-state index in [1.807, 2.05) is 38.1 Å². The van der Waals surface area contributed by atoms with Crippen LogP contribution in [0.25, 0.3) is 0 Å². The van der Waals surface area contributed by atoms with Gasteiger partial charge in [0, 0.05) is 0 Å². The quantitative estimate of drug-likeness (QED) is 0.689. The van der Waals surface area contributed by atoms with E-state index in [1.165, 1.54) is 0 Å². The number of furan rings is 1. The van der Waals surface area contributed by atoms with Gasteiger partial charge in [-0.3, -0.25) is 4.79 Å². The highest BCUT2D eigenvalue weighted by Gasteiger charge is 2.12. The van der Waals surface area contributed by atoms with Crippen LogP contribution in [0.4, 0.5) is 11.4 Å². The summed E-state index contributed by atoms with van der Waals surface area (Å²) in [5.74, 6) is 0.526. The molecule has 0 unspecified atom stereocenters. The Labute approximate surface area is 151 Å². The first kappa shape index (κ1) is 17.0. The first-order valence-corrected chi connectivity index (χ1v) is 8.21. The van der Waals surface area contributed by atoms with Crippen molar-refractivity contribution >= 4 is 28.9 Å². The summed E-state index contributed by atoms with van der Waals surface area (Å²) in [5, 5.41) is 6.52. The van der Waals surface area contributed by atoms with Gasteiger partial charge < -0.3 is 15.1 Å². The van der Waals surface area contributed by atoms with Crippen molar-refractivity contribution in [2.24, 2.45) is 0 Å². The van der Waals surface area contributed by atoms with Gasteiger partial charge in [0.25, 0.3) is 5.91 Å². The predicted octanol–water partition coefficient (Wildman–Crippen LogP) is 4.81. The Bertz CT molecular complexity index is 851. The Kier molecular flexibility index (Phi) is 5.05. The highest BCUT2D eigenvalue weighted by atomic mass is 35.5. The Balaban J connectivity index is 1.66. The second-order valence-corrected chi connectivity index (χ2v) is 6.16. The molecule has 3 aromatic rings. The van der Waals surface area contributed by atoms with Crippen LogP contribution in [-0.2, 0) is 6.54 Å². The first-order chi connectivity index (χ1) is 12.0. The number of aryl methyl sites for hydroxylation is 2. The summed E-state index contributed by atoms with van der Waals surface area (Å²) in [4.78, 5) is 16.6. The monoisotopic (exact) mass is 355 g/mol. The van der Waals surface area contributed by atoms with Crippen molar-refractivity contribution in [1.29, 1.82) is 0 Å². The van der Waals surface area contributed by atoms with Crippen LogP contribution in [0.2, 0.25) is 5.02 Å². The SMILES string of the molecule is Cc1cc(C)c(NC(=O)c2ccc(NCc3ccco3)cn2)c(Cl)c1. The second-order valence-electron chi connectivity index (χ2n) is 5.76. The molecule has 2 N–H and O–H groups in total. The third-order valence-corrected chi connectivity index (χ3v) is 4.01. The zero-order valence-corrected chi connectivity index (χ0v) is 14.7. The van der Waals surface area contributed by atoms with Gasteiger partial charge in [0.2, 0.25) is 0 Å². The van der Waals surface area contributed by atoms with Crippen molar-refractivity contribution in [2.75, 3.05) is 10.6 Å². The summed E-state index contributed by atoms with van der Waals surface area (Å²) in [6.45, 7) is 4.42. The van der Waals surface area contributed by atoms with Gasteiger partial charge in [-0.05, 0) is 55.3 Å². The summed E-state index contributed by atoms with van der Waals surface area (Å²) in [6.07, 6.45) is 3.24. The molecule has 0 saturated heterocycles. The van der Waals surface area contributed by atoms with Gasteiger partial charge in [-0.1, -0.05) is 17.7 Å². The van der Waals surface area contributed by atoms with E-state index in [4.69, 9.17) is 16.0 Å². The lowest BCUT2D eigenvalue weighted by Crippen LogP contribution is -2.15. The summed E-state index contributed by atoms with van der Waals surface area (Å²) in [5.41, 5.74) is 3.69. The van der Waals surface area contributed by atoms with Crippen LogP contribution in [0, 0.1) is 13.8 Å². The third kappa shape index (κ3) is 4.19. The first-order valence-electron chi connectivity index (χ1n) is 7.83. The Morgan fingerprint density at radius 3 is 2.72 bits per heavy atom. The van der Waals surface area contributed by atoms with Crippen molar-refractivity contribution in [1.82, 2.24) is 4.98 Å². The zero-order valence-electron chi connectivity index (χ0n) is 14.0. The molecule has 0 bridgehead atoms. The third-order valence-electron chi connectivity index (χ3n) is 3.71. The molecule has 0 saturated carbocycles. The summed E-state index contributed by atoms with van der Waals surface area (Å²) < 4.78 is 5.25. The molecule has 25 heavy (non-hydrogen) atoms. The van der Waals surface area contributed by atoms with E-state index in [0.717, 1.165) is 22.6 Å². The van der Waals surface area contributed by atoms with Crippen molar-refractivity contribution in [3.63, 3.8) is 0 Å². The molecule has 1 aromatic carbocycles. The average Bonchev–Trinajstić information content (AvgIpc) is 3.10. The molecule has 2 heterocycles. The molecular weight excluding hydrogens is 338 g/mol. The fourth-order valence-corrected chi connectivity index (χ4v) is 2.86. The fourth-order valence-electron chi connectivity index (χ4n) is 2.49. The minimum absolute atomic E-state index is 0.300. The number of rotatable bonds is 5. The molecule has 0 spiro atoms. The number of hydrogen-bond acceptors (Lipinski definition) is 4. The average molecular weight is 356 g/mol. The molecule has 0 fully saturated rings. The van der Waals surface area contributed by atoms with Crippen molar-refractivity contribution in [3.8, 4) is 0 Å². The van der Waals surface area contributed by atoms with Gasteiger partial charge in [-0.25, -0.2) is 4.98 Å². The van der Waals surface area contributed by atoms with Gasteiger partial charge in [-0.15, -0.1) is 0 Å². The number of benzene rings is 1. The molecule has 0 atom stereocenters. The Hall–Kier alpha value is -2.79. The van der Waals surface area contributed by atoms with Crippen molar-refractivity contribution in [3.05, 3.63) is 76.5 Å². The lowest BCUT2D eigenvalue weighted by molar-refractivity contribution is 0.102. The number of hydrogen-bond donors (Lipinski definition) is 2. The molecule has 128 valence electrons. The number of amides is 1. The maximum Gasteiger partial charge on any atom is 0.274 e. The normalized spacial score (nSPS) is 10.5. The van der Waals surface area contributed by atoms with Crippen molar-refractivity contribution < 1.29 is 9.21 Å². The molecular formula is C19H18ClN3O2. The van der Waals surface area contributed by atoms with E-state index < -0.39 is 0 Å². The number of aromatic nitrogens is 1. The van der Waals surface area contributed by atoms with Gasteiger partial charge in [0.05, 0.1) is 35.4 Å². The summed E-state index contributed by atoms with van der Waals surface area (Å²) in [6, 6.07) is 11.0. The lowest BCUT2D eigenvalue weighted by atomic mass is 10.1. The molecule has 0 aliphatic carbocycles. The van der Waals surface area contributed by atoms with Crippen LogP contribution >= 0.6 is 11.6 Å². The van der Waals surface area contributed by atoms with Crippen LogP contribution < -0.4 is 10.6 Å². The van der Waals surface area contributed by atoms with E-state index >= 15 is 0 Å². The van der Waals surface area contributed by atoms with Crippen LogP contribution in [0.5, 0.6) is 0 Å². The van der Waals surface area contributed by atoms with Gasteiger partial charge in [-0.2, -0.15) is 0 Å². The molecule has 0 aliphatic rings. The Morgan fingerprint density at radius 2 is 2.08 bits per heavy atom. The molecule has 6 heteroatoms. The topological polar surface area (TPSA) is 67.2 Å². The number of carbonyl (C=O) groups is 1. The summed E-state index contributed by atoms with van der Waals surface area (Å²) >= 11 is 6.23. The van der Waals surface area contributed by atoms with E-state index in [0.29, 0.717) is 22.9 Å². The lowest BCUT2D eigenvalue weighted by Gasteiger charge is -2.11. The number of halogens is 1. The number of pyridine rings is 1. The minimum Gasteiger partial charge on any atom is -0.467 e. The molecule has 5 nitrogen and oxygen atoms in total. The summed E-state index contributed by atoms with van der Waals surface area (Å²) in [7, 11) is 0. The van der Waals surface area contributed by atoms with E-state index in [2.05, 4.69) is 15.6 Å². The smallest absolute Gasteiger partial charge is 0.274 e. The fraction of sp³-hybridized carbons (Fsp3) is 0.158. The van der Waals surface area contributed by atoms with Crippen LogP contribution in [-0.4, -0.2) is 10.9 Å². The van der Waals surface area contributed by atoms with E-state index in [-0.39, 0.29) is 5.91 Å². The molecule has 0 aliphatic heterocycles. The minimum atomic E-state index is -0.300. The standard InChI is InChI=1S/C19H18ClN3O2/c1-12-8-13(2)18(16(20)9-12)23-19(24)17-6-5-14(10-22-17)21-11-15-4-3-7-25-15/h3-10,21H,11H2,1-2H3,(H,23,24). The number of nitrogens with one attached hydrogen (secondary N) is 2. The molecule has 1 amide bonds. The zero-order chi connectivity index (χ0) is 17.8. The van der Waals surface area contributed by atoms with Crippen LogP contribution in [0.15, 0.2) is 53.3 Å². The second kappa shape index (κ2) is 7.40. The van der Waals surface area contributed by atoms with Crippen LogP contribution in [0.3, 0.4) is 0 Å². The largest absolute Gasteiger partial charge is 0.467 e. The molecule has 3 rings (SSSR count). The van der Waals surface area contributed by atoms with Gasteiger partial charge in [0.15, 0.2) is 0 Å². The molecule has 2 aromatic heterocycles. The number of carbonyl (C=O) groups excluding carboxylic acids is 1. The van der Waals surface area contributed by atoms with Gasteiger partial charge >= 0.3 is 0 Å². The molecule has 0 radical (unpaired) electrons. The van der Waals surface area contributed by atoms with Crippen molar-refractivity contribution in [2.45, 2.75) is 20.4 Å². The van der Waals surface area contributed by atoms with Crippen LogP contribution in [0.1, 0.15) is 27.4 Å². The van der Waals surface area contributed by atoms with E-state index in [1.54, 1.807) is 24.6 Å². The highest BCUT2D eigenvalue weighted by molar-refractivity contribution is 6.34. The highest BCUT2D eigenvalue weighted by Crippen LogP contribution is 2.27. The Morgan fingerprint density at radius 1 is 1.24 bits per heavy atom. The maximum absolute atomic E-state index is 12.4. The number of anilines is 2.